The Balaban J connectivity index is 2.14. The smallest absolute Gasteiger partial charge is 0.108 e. The molecular weight excluding hydrogens is 636 g/mol. The van der Waals surface area contributed by atoms with Gasteiger partial charge in [-0.1, -0.05) is 155 Å². The van der Waals surface area contributed by atoms with Gasteiger partial charge in [0, 0.05) is 0 Å². The topological polar surface area (TPSA) is 52.6 Å². The molecule has 0 unspecified atom stereocenters. The minimum atomic E-state index is -0.215. The Morgan fingerprint density at radius 1 is 0.392 bits per heavy atom. The van der Waals surface area contributed by atoms with E-state index in [4.69, 9.17) is 24.1 Å². The van der Waals surface area contributed by atoms with Crippen molar-refractivity contribution in [1.82, 2.24) is 0 Å². The van der Waals surface area contributed by atoms with Gasteiger partial charge in [-0.15, -0.1) is 10.5 Å². The van der Waals surface area contributed by atoms with E-state index in [9.17, 15) is 0 Å². The first-order valence-corrected chi connectivity index (χ1v) is 21.0. The minimum absolute atomic E-state index is 0.0570. The van der Waals surface area contributed by atoms with Gasteiger partial charge in [0.25, 0.3) is 0 Å². The van der Waals surface area contributed by atoms with Crippen LogP contribution in [0.3, 0.4) is 0 Å². The van der Waals surface area contributed by atoms with Gasteiger partial charge in [0.15, 0.2) is 0 Å². The molecule has 0 bridgehead atoms. The lowest BCUT2D eigenvalue weighted by Gasteiger charge is -2.26. The number of benzene rings is 2. The maximum atomic E-state index is 6.52. The molecule has 2 aromatic rings. The number of hydrogen-bond donors (Lipinski definition) is 0. The summed E-state index contributed by atoms with van der Waals surface area (Å²) in [5.74, 6) is 0. The van der Waals surface area contributed by atoms with Gasteiger partial charge in [-0.05, 0) is 74.9 Å². The second-order valence-electron chi connectivity index (χ2n) is 14.3. The maximum absolute atomic E-state index is 6.52. The zero-order valence-electron chi connectivity index (χ0n) is 33.7. The van der Waals surface area contributed by atoms with Crippen LogP contribution in [0.2, 0.25) is 0 Å². The highest BCUT2D eigenvalue weighted by atomic mass is 17.0. The summed E-state index contributed by atoms with van der Waals surface area (Å²) in [6, 6.07) is 16.9. The zero-order valence-corrected chi connectivity index (χ0v) is 33.7. The number of rotatable bonds is 34. The van der Waals surface area contributed by atoms with Crippen LogP contribution in [0.1, 0.15) is 187 Å². The van der Waals surface area contributed by atoms with Crippen LogP contribution in [0.5, 0.6) is 0 Å². The summed E-state index contributed by atoms with van der Waals surface area (Å²) in [7, 11) is 0. The molecular formula is C44H76N2O5. The van der Waals surface area contributed by atoms with Gasteiger partial charge < -0.3 is 4.74 Å². The second kappa shape index (κ2) is 30.3. The van der Waals surface area contributed by atoms with E-state index in [2.05, 4.69) is 90.1 Å². The molecule has 0 heterocycles. The summed E-state index contributed by atoms with van der Waals surface area (Å²) >= 11 is 0. The Labute approximate surface area is 313 Å². The van der Waals surface area contributed by atoms with Crippen LogP contribution >= 0.6 is 0 Å². The molecule has 0 N–H and O–H groups in total. The Kier molecular flexibility index (Phi) is 26.7. The fourth-order valence-corrected chi connectivity index (χ4v) is 5.95. The Hall–Kier alpha value is -2.16. The summed E-state index contributed by atoms with van der Waals surface area (Å²) in [5.41, 5.74) is 3.97. The number of unbranched alkanes of at least 4 members (excludes halogenated alkanes) is 16. The van der Waals surface area contributed by atoms with Crippen molar-refractivity contribution in [3.8, 4) is 0 Å². The minimum Gasteiger partial charge on any atom is -0.366 e. The van der Waals surface area contributed by atoms with Gasteiger partial charge in [-0.3, -0.25) is 0 Å². The highest BCUT2D eigenvalue weighted by molar-refractivity contribution is 5.48. The lowest BCUT2D eigenvalue weighted by Crippen LogP contribution is -2.25. The first kappa shape index (κ1) is 45.0. The van der Waals surface area contributed by atoms with Crippen LogP contribution in [0.25, 0.3) is 0 Å². The molecule has 0 spiro atoms. The molecule has 51 heavy (non-hydrogen) atoms. The van der Waals surface area contributed by atoms with Crippen LogP contribution in [0.15, 0.2) is 48.5 Å². The monoisotopic (exact) mass is 713 g/mol. The van der Waals surface area contributed by atoms with Crippen molar-refractivity contribution in [1.29, 1.82) is 0 Å². The van der Waals surface area contributed by atoms with Crippen molar-refractivity contribution in [2.75, 3.05) is 36.9 Å². The van der Waals surface area contributed by atoms with E-state index >= 15 is 0 Å². The normalized spacial score (nSPS) is 11.6. The lowest BCUT2D eigenvalue weighted by atomic mass is 10.0. The average Bonchev–Trinajstić information content (AvgIpc) is 3.14. The predicted octanol–water partition coefficient (Wildman–Crippen LogP) is 13.4. The molecule has 0 aromatic heterocycles. The summed E-state index contributed by atoms with van der Waals surface area (Å²) < 4.78 is 6.52. The van der Waals surface area contributed by atoms with Gasteiger partial charge >= 0.3 is 0 Å². The van der Waals surface area contributed by atoms with E-state index in [1.807, 2.05) is 0 Å². The molecule has 0 radical (unpaired) electrons. The molecule has 0 atom stereocenters. The van der Waals surface area contributed by atoms with E-state index in [0.29, 0.717) is 26.4 Å². The third-order valence-electron chi connectivity index (χ3n) is 9.05. The summed E-state index contributed by atoms with van der Waals surface area (Å²) in [6.07, 6.45) is 23.8. The van der Waals surface area contributed by atoms with Crippen LogP contribution in [0, 0.1) is 0 Å². The molecule has 7 heteroatoms. The van der Waals surface area contributed by atoms with Crippen molar-refractivity contribution < 1.29 is 24.1 Å². The van der Waals surface area contributed by atoms with Crippen LogP contribution in [-0.2, 0) is 24.1 Å². The molecule has 292 valence electrons. The first-order chi connectivity index (χ1) is 25.0. The number of nitrogens with zero attached hydrogens (tertiary/aromatic N) is 2. The lowest BCUT2D eigenvalue weighted by molar-refractivity contribution is -0.0916. The van der Waals surface area contributed by atoms with Crippen molar-refractivity contribution >= 4 is 11.4 Å². The number of anilines is 2. The molecule has 0 fully saturated rings. The van der Waals surface area contributed by atoms with E-state index in [1.54, 1.807) is 10.5 Å². The molecule has 0 saturated heterocycles. The molecule has 0 aliphatic heterocycles. The maximum Gasteiger partial charge on any atom is 0.108 e. The van der Waals surface area contributed by atoms with E-state index < -0.39 is 0 Å². The van der Waals surface area contributed by atoms with Crippen LogP contribution < -0.4 is 10.5 Å². The third kappa shape index (κ3) is 20.6. The summed E-state index contributed by atoms with van der Waals surface area (Å²) in [5, 5.41) is 3.28. The van der Waals surface area contributed by atoms with Crippen LogP contribution in [0.4, 0.5) is 11.4 Å². The summed E-state index contributed by atoms with van der Waals surface area (Å²) in [4.78, 5) is 24.7. The number of hydrogen-bond acceptors (Lipinski definition) is 7. The van der Waals surface area contributed by atoms with Crippen molar-refractivity contribution in [3.05, 3.63) is 59.7 Å². The molecule has 2 rings (SSSR count). The van der Waals surface area contributed by atoms with Crippen molar-refractivity contribution in [3.63, 3.8) is 0 Å². The molecule has 0 saturated carbocycles. The molecule has 7 nitrogen and oxygen atoms in total. The Bertz CT molecular complexity index is 937. The van der Waals surface area contributed by atoms with E-state index in [0.717, 1.165) is 48.2 Å². The Morgan fingerprint density at radius 2 is 0.667 bits per heavy atom. The highest BCUT2D eigenvalue weighted by Crippen LogP contribution is 2.31. The van der Waals surface area contributed by atoms with Crippen LogP contribution in [-0.4, -0.2) is 32.5 Å². The predicted molar refractivity (Wildman–Crippen MR) is 215 cm³/mol. The Morgan fingerprint density at radius 3 is 0.922 bits per heavy atom. The van der Waals surface area contributed by atoms with E-state index in [1.165, 1.54) is 103 Å². The van der Waals surface area contributed by atoms with Gasteiger partial charge in [-0.25, -0.2) is 19.4 Å². The standard InChI is InChI=1S/C44H76N2O5/c1-7-11-15-19-23-35-47-45(48-36-24-20-16-12-8-2)42-31-27-40(28-32-42)44(51-39(5)6)41-29-33-43(34-30-41)46(49-37-25-21-17-13-9-3)50-38-26-22-18-14-10-4/h27-34,39,44H,7-26,35-38H2,1-6H3. The highest BCUT2D eigenvalue weighted by Gasteiger charge is 2.19. The molecule has 2 aromatic carbocycles. The van der Waals surface area contributed by atoms with Gasteiger partial charge in [0.2, 0.25) is 0 Å². The fraction of sp³-hybridized carbons (Fsp3) is 0.727. The van der Waals surface area contributed by atoms with Gasteiger partial charge in [0.1, 0.15) is 6.10 Å². The zero-order chi connectivity index (χ0) is 36.8. The average molecular weight is 713 g/mol. The molecule has 0 aliphatic carbocycles. The second-order valence-corrected chi connectivity index (χ2v) is 14.3. The fourth-order valence-electron chi connectivity index (χ4n) is 5.95. The van der Waals surface area contributed by atoms with Crippen molar-refractivity contribution in [2.45, 2.75) is 182 Å². The van der Waals surface area contributed by atoms with Gasteiger partial charge in [0.05, 0.1) is 43.9 Å². The quantitative estimate of drug-likeness (QED) is 0.0529. The van der Waals surface area contributed by atoms with Gasteiger partial charge in [-0.2, -0.15) is 0 Å². The number of ether oxygens (including phenoxy) is 1. The molecule has 0 amide bonds. The third-order valence-corrected chi connectivity index (χ3v) is 9.05. The van der Waals surface area contributed by atoms with Crippen molar-refractivity contribution in [2.24, 2.45) is 0 Å². The summed E-state index contributed by atoms with van der Waals surface area (Å²) in [6.45, 7) is 15.7. The van der Waals surface area contributed by atoms with E-state index in [-0.39, 0.29) is 12.2 Å². The first-order valence-electron chi connectivity index (χ1n) is 21.0. The molecule has 0 aliphatic rings. The largest absolute Gasteiger partial charge is 0.366 e. The SMILES string of the molecule is CCCCCCCON(OCCCCCCC)c1ccc(C(OC(C)C)c2ccc(N(OCCCCCCC)OCCCCCCC)cc2)cc1.